The molecule has 1 N–H and O–H groups in total. The van der Waals surface area contributed by atoms with Gasteiger partial charge in [-0.15, -0.1) is 35.1 Å². The van der Waals surface area contributed by atoms with Crippen molar-refractivity contribution in [3.8, 4) is 0 Å². The maximum Gasteiger partial charge on any atom is 0.114 e. The molecule has 0 saturated heterocycles. The third kappa shape index (κ3) is 2.01. The Morgan fingerprint density at radius 3 is 2.82 bits per heavy atom. The Bertz CT molecular complexity index is 557. The predicted molar refractivity (Wildman–Crippen MR) is 79.3 cm³/mol. The van der Waals surface area contributed by atoms with Gasteiger partial charge in [-0.1, -0.05) is 0 Å². The molecule has 90 valence electrons. The number of thiophene rings is 2. The summed E-state index contributed by atoms with van der Waals surface area (Å²) in [6, 6.07) is 2.36. The van der Waals surface area contributed by atoms with E-state index in [9.17, 15) is 0 Å². The Labute approximate surface area is 115 Å². The predicted octanol–water partition coefficient (Wildman–Crippen LogP) is 4.39. The van der Waals surface area contributed by atoms with E-state index in [1.165, 1.54) is 26.6 Å². The Kier molecular flexibility index (Phi) is 3.56. The van der Waals surface area contributed by atoms with E-state index in [0.717, 1.165) is 0 Å². The van der Waals surface area contributed by atoms with E-state index in [1.54, 1.807) is 11.3 Å². The van der Waals surface area contributed by atoms with E-state index in [-0.39, 0.29) is 18.4 Å². The van der Waals surface area contributed by atoms with Crippen molar-refractivity contribution in [2.24, 2.45) is 4.99 Å². The monoisotopic (exact) mass is 284 g/mol. The molecule has 0 aliphatic carbocycles. The van der Waals surface area contributed by atoms with Crippen LogP contribution in [-0.4, -0.2) is 6.34 Å². The highest BCUT2D eigenvalue weighted by molar-refractivity contribution is 7.14. The lowest BCUT2D eigenvalue weighted by Crippen LogP contribution is -2.08. The molecule has 1 aliphatic rings. The Balaban J connectivity index is 0.00000108. The molecule has 2 aromatic rings. The summed E-state index contributed by atoms with van der Waals surface area (Å²) in [6.45, 7) is 4.35. The quantitative estimate of drug-likeness (QED) is 0.825. The van der Waals surface area contributed by atoms with E-state index >= 15 is 0 Å². The van der Waals surface area contributed by atoms with Gasteiger partial charge in [0, 0.05) is 10.4 Å². The topological polar surface area (TPSA) is 24.4 Å². The standard InChI is InChI=1S/C12H12N2S2.ClH/c1-7-5-16-11(8(7)2)10-9-3-4-15-12(9)14-6-13-10;/h3-6,10H,1-2H3,(H,13,14);1H. The highest BCUT2D eigenvalue weighted by Crippen LogP contribution is 2.41. The minimum absolute atomic E-state index is 0. The van der Waals surface area contributed by atoms with Gasteiger partial charge in [0.15, 0.2) is 0 Å². The smallest absolute Gasteiger partial charge is 0.114 e. The molecule has 0 amide bonds. The Morgan fingerprint density at radius 2 is 2.12 bits per heavy atom. The molecule has 3 rings (SSSR count). The third-order valence-electron chi connectivity index (χ3n) is 2.98. The summed E-state index contributed by atoms with van der Waals surface area (Å²) >= 11 is 3.55. The van der Waals surface area contributed by atoms with Crippen LogP contribution in [0.3, 0.4) is 0 Å². The summed E-state index contributed by atoms with van der Waals surface area (Å²) in [5, 5.41) is 8.76. The van der Waals surface area contributed by atoms with Crippen molar-refractivity contribution in [3.05, 3.63) is 38.4 Å². The Morgan fingerprint density at radius 1 is 1.29 bits per heavy atom. The van der Waals surface area contributed by atoms with Crippen molar-refractivity contribution in [1.82, 2.24) is 0 Å². The van der Waals surface area contributed by atoms with Gasteiger partial charge in [-0.25, -0.2) is 0 Å². The van der Waals surface area contributed by atoms with Gasteiger partial charge < -0.3 is 5.32 Å². The van der Waals surface area contributed by atoms with Gasteiger partial charge >= 0.3 is 0 Å². The normalized spacial score (nSPS) is 17.2. The first kappa shape index (κ1) is 12.6. The molecule has 2 aromatic heterocycles. The molecular formula is C12H13ClN2S2. The fourth-order valence-corrected chi connectivity index (χ4v) is 3.83. The minimum Gasteiger partial charge on any atom is -0.338 e. The van der Waals surface area contributed by atoms with E-state index in [2.05, 4.69) is 41.0 Å². The number of anilines is 1. The lowest BCUT2D eigenvalue weighted by Gasteiger charge is -2.17. The van der Waals surface area contributed by atoms with Crippen LogP contribution in [-0.2, 0) is 0 Å². The molecule has 3 heterocycles. The van der Waals surface area contributed by atoms with Gasteiger partial charge in [0.2, 0.25) is 0 Å². The van der Waals surface area contributed by atoms with Crippen LogP contribution in [0.2, 0.25) is 0 Å². The van der Waals surface area contributed by atoms with E-state index in [1.807, 2.05) is 17.7 Å². The second-order valence-corrected chi connectivity index (χ2v) is 5.77. The maximum absolute atomic E-state index is 4.57. The lowest BCUT2D eigenvalue weighted by atomic mass is 10.0. The molecule has 0 aromatic carbocycles. The van der Waals surface area contributed by atoms with E-state index < -0.39 is 0 Å². The van der Waals surface area contributed by atoms with Gasteiger partial charge in [-0.3, -0.25) is 4.99 Å². The highest BCUT2D eigenvalue weighted by atomic mass is 35.5. The molecular weight excluding hydrogens is 272 g/mol. The molecule has 17 heavy (non-hydrogen) atoms. The van der Waals surface area contributed by atoms with Gasteiger partial charge in [0.25, 0.3) is 0 Å². The summed E-state index contributed by atoms with van der Waals surface area (Å²) in [4.78, 5) is 5.94. The van der Waals surface area contributed by atoms with Gasteiger partial charge in [-0.2, -0.15) is 0 Å². The number of hydrogen-bond acceptors (Lipinski definition) is 4. The zero-order chi connectivity index (χ0) is 11.1. The van der Waals surface area contributed by atoms with E-state index in [0.29, 0.717) is 0 Å². The first-order chi connectivity index (χ1) is 7.77. The van der Waals surface area contributed by atoms with Gasteiger partial charge in [0.1, 0.15) is 6.04 Å². The van der Waals surface area contributed by atoms with Gasteiger partial charge in [-0.05, 0) is 41.8 Å². The molecule has 0 fully saturated rings. The fraction of sp³-hybridized carbons (Fsp3) is 0.250. The van der Waals surface area contributed by atoms with Crippen molar-refractivity contribution in [1.29, 1.82) is 0 Å². The number of nitrogens with zero attached hydrogens (tertiary/aromatic N) is 1. The van der Waals surface area contributed by atoms with Crippen LogP contribution in [0.5, 0.6) is 0 Å². The van der Waals surface area contributed by atoms with Crippen LogP contribution >= 0.6 is 35.1 Å². The second-order valence-electron chi connectivity index (χ2n) is 3.94. The molecule has 1 aliphatic heterocycles. The number of nitrogens with one attached hydrogen (secondary N) is 1. The van der Waals surface area contributed by atoms with Crippen molar-refractivity contribution < 1.29 is 0 Å². The molecule has 0 spiro atoms. The lowest BCUT2D eigenvalue weighted by molar-refractivity contribution is 0.888. The number of halogens is 1. The first-order valence-electron chi connectivity index (χ1n) is 5.17. The van der Waals surface area contributed by atoms with Crippen LogP contribution < -0.4 is 5.32 Å². The van der Waals surface area contributed by atoms with Crippen molar-refractivity contribution in [2.45, 2.75) is 19.9 Å². The second kappa shape index (κ2) is 4.80. The molecule has 2 nitrogen and oxygen atoms in total. The number of hydrogen-bond donors (Lipinski definition) is 1. The summed E-state index contributed by atoms with van der Waals surface area (Å²) < 4.78 is 0. The summed E-state index contributed by atoms with van der Waals surface area (Å²) in [7, 11) is 0. The number of aryl methyl sites for hydroxylation is 1. The molecule has 0 saturated carbocycles. The summed E-state index contributed by atoms with van der Waals surface area (Å²) in [5.41, 5.74) is 4.05. The van der Waals surface area contributed by atoms with Crippen molar-refractivity contribution >= 4 is 46.4 Å². The largest absolute Gasteiger partial charge is 0.338 e. The van der Waals surface area contributed by atoms with Crippen molar-refractivity contribution in [3.63, 3.8) is 0 Å². The summed E-state index contributed by atoms with van der Waals surface area (Å²) in [5.74, 6) is 0. The van der Waals surface area contributed by atoms with Crippen molar-refractivity contribution in [2.75, 3.05) is 5.32 Å². The number of rotatable bonds is 1. The molecule has 5 heteroatoms. The van der Waals surface area contributed by atoms with Crippen LogP contribution in [0.25, 0.3) is 0 Å². The zero-order valence-electron chi connectivity index (χ0n) is 9.56. The number of aliphatic imine (C=N–C) groups is 1. The molecule has 1 atom stereocenters. The molecule has 1 unspecified atom stereocenters. The van der Waals surface area contributed by atoms with Crippen LogP contribution in [0, 0.1) is 13.8 Å². The number of fused-ring (bicyclic) bond motifs is 1. The Hall–Kier alpha value is -0.840. The first-order valence-corrected chi connectivity index (χ1v) is 6.93. The average Bonchev–Trinajstić information content (AvgIpc) is 2.87. The average molecular weight is 285 g/mol. The summed E-state index contributed by atoms with van der Waals surface area (Å²) in [6.07, 6.45) is 1.82. The third-order valence-corrected chi connectivity index (χ3v) is 5.10. The maximum atomic E-state index is 4.57. The van der Waals surface area contributed by atoms with Crippen LogP contribution in [0.15, 0.2) is 21.8 Å². The molecule has 0 radical (unpaired) electrons. The minimum atomic E-state index is 0. The zero-order valence-corrected chi connectivity index (χ0v) is 12.0. The van der Waals surface area contributed by atoms with Crippen LogP contribution in [0.1, 0.15) is 27.6 Å². The van der Waals surface area contributed by atoms with E-state index in [4.69, 9.17) is 0 Å². The SMILES string of the molecule is Cc1csc(C2N=CNc3sccc32)c1C.Cl. The highest BCUT2D eigenvalue weighted by Gasteiger charge is 2.23. The van der Waals surface area contributed by atoms with Gasteiger partial charge in [0.05, 0.1) is 11.3 Å². The molecule has 0 bridgehead atoms. The van der Waals surface area contributed by atoms with Crippen LogP contribution in [0.4, 0.5) is 5.00 Å². The fourth-order valence-electron chi connectivity index (χ4n) is 1.90.